The molecule has 6 rings (SSSR count). The molecule has 0 atom stereocenters. The first-order valence-electron chi connectivity index (χ1n) is 15.7. The van der Waals surface area contributed by atoms with E-state index in [0.717, 1.165) is 80.1 Å². The summed E-state index contributed by atoms with van der Waals surface area (Å²) in [5.74, 6) is 2.79. The van der Waals surface area contributed by atoms with Crippen LogP contribution in [0.15, 0.2) is 55.0 Å². The fourth-order valence-corrected chi connectivity index (χ4v) is 8.89. The van der Waals surface area contributed by atoms with E-state index < -0.39 is 10.0 Å². The topological polar surface area (TPSA) is 79.6 Å². The summed E-state index contributed by atoms with van der Waals surface area (Å²) in [5, 5.41) is 4.64. The second-order valence-electron chi connectivity index (χ2n) is 12.4. The first-order valence-corrected chi connectivity index (χ1v) is 17.3. The number of pyridine rings is 1. The number of fused-ring (bicyclic) bond motifs is 1. The smallest absolute Gasteiger partial charge is 0.214 e. The Kier molecular flexibility index (Phi) is 9.25. The molecule has 2 aromatic heterocycles. The van der Waals surface area contributed by atoms with Gasteiger partial charge in [-0.15, -0.1) is 0 Å². The average molecular weight is 608 g/mol. The third-order valence-corrected chi connectivity index (χ3v) is 11.5. The molecule has 43 heavy (non-hydrogen) atoms. The molecule has 0 unspecified atom stereocenters. The van der Waals surface area contributed by atoms with E-state index in [-0.39, 0.29) is 0 Å². The molecule has 3 aliphatic rings. The highest BCUT2D eigenvalue weighted by Crippen LogP contribution is 2.31. The number of rotatable bonds is 10. The van der Waals surface area contributed by atoms with Gasteiger partial charge in [0.05, 0.1) is 44.0 Å². The molecule has 0 bridgehead atoms. The molecule has 232 valence electrons. The quantitative estimate of drug-likeness (QED) is 0.309. The number of nitrogens with zero attached hydrogens (tertiary/aromatic N) is 5. The molecule has 1 saturated carbocycles. The lowest BCUT2D eigenvalue weighted by atomic mass is 9.91. The van der Waals surface area contributed by atoms with Gasteiger partial charge < -0.3 is 14.4 Å². The van der Waals surface area contributed by atoms with Gasteiger partial charge in [-0.05, 0) is 67.7 Å². The second-order valence-corrected chi connectivity index (χ2v) is 14.4. The van der Waals surface area contributed by atoms with Gasteiger partial charge in [0.15, 0.2) is 0 Å². The maximum absolute atomic E-state index is 13.1. The number of hydrogen-bond acceptors (Lipinski definition) is 7. The highest BCUT2D eigenvalue weighted by atomic mass is 32.2. The van der Waals surface area contributed by atoms with Crippen molar-refractivity contribution in [1.82, 2.24) is 18.8 Å². The molecule has 1 aromatic carbocycles. The fraction of sp³-hybridized carbons (Fsp3) is 0.545. The van der Waals surface area contributed by atoms with Crippen molar-refractivity contribution in [3.8, 4) is 11.5 Å². The van der Waals surface area contributed by atoms with Crippen molar-refractivity contribution in [3.05, 3.63) is 66.1 Å². The summed E-state index contributed by atoms with van der Waals surface area (Å²) >= 11 is 0. The molecular weight excluding hydrogens is 562 g/mol. The number of ether oxygens (including phenoxy) is 2. The molecule has 10 heteroatoms. The Morgan fingerprint density at radius 2 is 1.77 bits per heavy atom. The van der Waals surface area contributed by atoms with Crippen LogP contribution in [0.1, 0.15) is 56.1 Å². The van der Waals surface area contributed by atoms with Crippen LogP contribution in [0, 0.1) is 11.8 Å². The maximum atomic E-state index is 13.1. The molecular formula is C33H45N5O4S. The largest absolute Gasteiger partial charge is 0.497 e. The number of anilines is 1. The minimum atomic E-state index is -3.16. The van der Waals surface area contributed by atoms with E-state index in [1.807, 2.05) is 29.0 Å². The van der Waals surface area contributed by atoms with Crippen molar-refractivity contribution in [3.63, 3.8) is 0 Å². The van der Waals surface area contributed by atoms with Gasteiger partial charge in [-0.1, -0.05) is 31.4 Å². The van der Waals surface area contributed by atoms with Crippen LogP contribution in [0.2, 0.25) is 0 Å². The fourth-order valence-electron chi connectivity index (χ4n) is 6.98. The lowest BCUT2D eigenvalue weighted by Crippen LogP contribution is -2.41. The lowest BCUT2D eigenvalue weighted by molar-refractivity contribution is 0.269. The molecule has 2 fully saturated rings. The molecule has 4 heterocycles. The molecule has 3 aromatic rings. The monoisotopic (exact) mass is 607 g/mol. The first-order chi connectivity index (χ1) is 20.9. The van der Waals surface area contributed by atoms with Gasteiger partial charge in [-0.3, -0.25) is 4.90 Å². The predicted molar refractivity (Wildman–Crippen MR) is 170 cm³/mol. The van der Waals surface area contributed by atoms with Gasteiger partial charge in [0, 0.05) is 50.2 Å². The molecule has 0 amide bonds. The van der Waals surface area contributed by atoms with Crippen LogP contribution in [0.3, 0.4) is 0 Å². The van der Waals surface area contributed by atoms with Gasteiger partial charge in [0.25, 0.3) is 0 Å². The summed E-state index contributed by atoms with van der Waals surface area (Å²) in [6.07, 6.45) is 16.8. The zero-order valence-electron chi connectivity index (χ0n) is 25.5. The van der Waals surface area contributed by atoms with Gasteiger partial charge in [0.2, 0.25) is 10.0 Å². The number of sulfonamides is 1. The minimum absolute atomic E-state index is 0.342. The van der Waals surface area contributed by atoms with Crippen molar-refractivity contribution in [2.75, 3.05) is 51.2 Å². The van der Waals surface area contributed by atoms with Crippen LogP contribution in [0.4, 0.5) is 5.69 Å². The Labute approximate surface area is 256 Å². The normalized spacial score (nSPS) is 19.7. The number of hydrogen-bond donors (Lipinski definition) is 0. The SMILES string of the molecule is COc1ccc(CN2CC=CN(c3cnn4ccc(CC5CCN(S(=O)(=O)CC6CCCCC6)CC5)cc34)C2)c(OC)c1. The van der Waals surface area contributed by atoms with Crippen molar-refractivity contribution in [2.45, 2.75) is 57.9 Å². The molecule has 0 radical (unpaired) electrons. The average Bonchev–Trinajstić information content (AvgIpc) is 3.45. The van der Waals surface area contributed by atoms with E-state index in [4.69, 9.17) is 9.47 Å². The van der Waals surface area contributed by atoms with Gasteiger partial charge >= 0.3 is 0 Å². The minimum Gasteiger partial charge on any atom is -0.497 e. The molecule has 0 spiro atoms. The maximum Gasteiger partial charge on any atom is 0.214 e. The van der Waals surface area contributed by atoms with E-state index in [1.165, 1.54) is 24.8 Å². The zero-order valence-corrected chi connectivity index (χ0v) is 26.3. The predicted octanol–water partition coefficient (Wildman–Crippen LogP) is 5.31. The molecule has 2 aliphatic heterocycles. The van der Waals surface area contributed by atoms with E-state index in [1.54, 1.807) is 18.5 Å². The highest BCUT2D eigenvalue weighted by Gasteiger charge is 2.31. The van der Waals surface area contributed by atoms with Crippen LogP contribution < -0.4 is 14.4 Å². The van der Waals surface area contributed by atoms with Gasteiger partial charge in [-0.25, -0.2) is 17.2 Å². The Bertz CT molecular complexity index is 1520. The Morgan fingerprint density at radius 1 is 0.953 bits per heavy atom. The summed E-state index contributed by atoms with van der Waals surface area (Å²) in [5.41, 5.74) is 4.55. The standard InChI is InChI=1S/C33H45N5O4S/c1-41-30-10-9-29(33(21-30)42-2)23-35-14-6-15-36(25-35)32-22-34-38-18-13-28(20-31(32)38)19-26-11-16-37(17-12-26)43(39,40)24-27-7-4-3-5-8-27/h6,9-10,13,15,18,20-22,26-27H,3-5,7-8,11-12,14,16-17,19,23-25H2,1-2H3. The van der Waals surface area contributed by atoms with Crippen LogP contribution in [-0.4, -0.2) is 73.5 Å². The number of piperidine rings is 1. The molecule has 0 N–H and O–H groups in total. The number of aromatic nitrogens is 2. The third kappa shape index (κ3) is 7.02. The van der Waals surface area contributed by atoms with E-state index in [9.17, 15) is 8.42 Å². The van der Waals surface area contributed by atoms with Gasteiger partial charge in [0.1, 0.15) is 11.5 Å². The van der Waals surface area contributed by atoms with E-state index >= 15 is 0 Å². The second kappa shape index (κ2) is 13.3. The highest BCUT2D eigenvalue weighted by molar-refractivity contribution is 7.89. The van der Waals surface area contributed by atoms with Crippen molar-refractivity contribution < 1.29 is 17.9 Å². The lowest BCUT2D eigenvalue weighted by Gasteiger charge is -2.33. The van der Waals surface area contributed by atoms with Crippen LogP contribution in [0.25, 0.3) is 5.52 Å². The van der Waals surface area contributed by atoms with Crippen molar-refractivity contribution in [2.24, 2.45) is 11.8 Å². The zero-order chi connectivity index (χ0) is 29.8. The summed E-state index contributed by atoms with van der Waals surface area (Å²) in [6.45, 7) is 3.64. The molecule has 1 saturated heterocycles. The molecule has 1 aliphatic carbocycles. The Balaban J connectivity index is 1.08. The number of methoxy groups -OCH3 is 2. The van der Waals surface area contributed by atoms with Crippen molar-refractivity contribution in [1.29, 1.82) is 0 Å². The summed E-state index contributed by atoms with van der Waals surface area (Å²) in [7, 11) is 0.203. The van der Waals surface area contributed by atoms with Gasteiger partial charge in [-0.2, -0.15) is 5.10 Å². The van der Waals surface area contributed by atoms with E-state index in [0.29, 0.717) is 30.7 Å². The van der Waals surface area contributed by atoms with E-state index in [2.05, 4.69) is 45.4 Å². The van der Waals surface area contributed by atoms with Crippen LogP contribution >= 0.6 is 0 Å². The summed E-state index contributed by atoms with van der Waals surface area (Å²) < 4.78 is 40.9. The Morgan fingerprint density at radius 3 is 2.53 bits per heavy atom. The summed E-state index contributed by atoms with van der Waals surface area (Å²) in [4.78, 5) is 4.62. The van der Waals surface area contributed by atoms with Crippen LogP contribution in [-0.2, 0) is 23.0 Å². The number of benzene rings is 1. The first kappa shape index (κ1) is 30.0. The van der Waals surface area contributed by atoms with Crippen LogP contribution in [0.5, 0.6) is 11.5 Å². The van der Waals surface area contributed by atoms with Crippen molar-refractivity contribution >= 4 is 21.2 Å². The third-order valence-electron chi connectivity index (χ3n) is 9.43. The molecule has 9 nitrogen and oxygen atoms in total. The summed E-state index contributed by atoms with van der Waals surface area (Å²) in [6, 6.07) is 10.4. The Hall–Kier alpha value is -3.08.